The van der Waals surface area contributed by atoms with Crippen molar-refractivity contribution in [1.29, 1.82) is 0 Å². The van der Waals surface area contributed by atoms with E-state index in [1.165, 1.54) is 6.07 Å². The van der Waals surface area contributed by atoms with E-state index in [2.05, 4.69) is 10.3 Å². The van der Waals surface area contributed by atoms with Crippen molar-refractivity contribution in [3.8, 4) is 0 Å². The van der Waals surface area contributed by atoms with Gasteiger partial charge in [0.05, 0.1) is 6.04 Å². The Labute approximate surface area is 117 Å². The van der Waals surface area contributed by atoms with Crippen LogP contribution >= 0.6 is 0 Å². The molecule has 1 unspecified atom stereocenters. The van der Waals surface area contributed by atoms with E-state index in [4.69, 9.17) is 0 Å². The van der Waals surface area contributed by atoms with Gasteiger partial charge in [-0.1, -0.05) is 6.92 Å². The highest BCUT2D eigenvalue weighted by molar-refractivity contribution is 5.35. The van der Waals surface area contributed by atoms with Gasteiger partial charge in [-0.25, -0.2) is 8.78 Å². The van der Waals surface area contributed by atoms with Gasteiger partial charge in [-0.3, -0.25) is 4.98 Å². The van der Waals surface area contributed by atoms with Crippen LogP contribution in [0.4, 0.5) is 8.78 Å². The minimum atomic E-state index is -0.439. The van der Waals surface area contributed by atoms with Crippen molar-refractivity contribution >= 4 is 0 Å². The number of benzene rings is 1. The predicted molar refractivity (Wildman–Crippen MR) is 75.5 cm³/mol. The van der Waals surface area contributed by atoms with Crippen LogP contribution in [-0.2, 0) is 0 Å². The molecule has 1 atom stereocenters. The van der Waals surface area contributed by atoms with Gasteiger partial charge in [0.15, 0.2) is 0 Å². The van der Waals surface area contributed by atoms with Gasteiger partial charge in [-0.15, -0.1) is 0 Å². The first kappa shape index (κ1) is 14.6. The lowest BCUT2D eigenvalue weighted by Gasteiger charge is -2.21. The summed E-state index contributed by atoms with van der Waals surface area (Å²) < 4.78 is 27.5. The first-order chi connectivity index (χ1) is 9.63. The fraction of sp³-hybridized carbons (Fsp3) is 0.312. The Morgan fingerprint density at radius 1 is 1.20 bits per heavy atom. The zero-order chi connectivity index (χ0) is 14.5. The zero-order valence-corrected chi connectivity index (χ0v) is 11.7. The monoisotopic (exact) mass is 276 g/mol. The first-order valence-electron chi connectivity index (χ1n) is 6.72. The summed E-state index contributed by atoms with van der Waals surface area (Å²) in [6, 6.07) is 5.02. The van der Waals surface area contributed by atoms with Crippen molar-refractivity contribution < 1.29 is 8.78 Å². The van der Waals surface area contributed by atoms with E-state index in [-0.39, 0.29) is 6.04 Å². The highest BCUT2D eigenvalue weighted by Crippen LogP contribution is 2.27. The van der Waals surface area contributed by atoms with E-state index in [9.17, 15) is 8.78 Å². The van der Waals surface area contributed by atoms with E-state index >= 15 is 0 Å². The molecule has 2 aromatic rings. The fourth-order valence-electron chi connectivity index (χ4n) is 2.19. The minimum Gasteiger partial charge on any atom is -0.306 e. The standard InChI is InChI=1S/C16H18F2N2/c1-3-7-20-16(14-10-19-8-6-11(14)2)13-9-12(17)4-5-15(13)18/h4-6,8-10,16,20H,3,7H2,1-2H3. The molecule has 0 saturated carbocycles. The number of halogens is 2. The van der Waals surface area contributed by atoms with E-state index in [1.54, 1.807) is 12.4 Å². The van der Waals surface area contributed by atoms with Gasteiger partial charge in [-0.2, -0.15) is 0 Å². The smallest absolute Gasteiger partial charge is 0.128 e. The average molecular weight is 276 g/mol. The average Bonchev–Trinajstić information content (AvgIpc) is 2.44. The Morgan fingerprint density at radius 3 is 2.70 bits per heavy atom. The maximum atomic E-state index is 14.0. The van der Waals surface area contributed by atoms with Crippen LogP contribution < -0.4 is 5.32 Å². The quantitative estimate of drug-likeness (QED) is 0.899. The molecule has 0 aliphatic rings. The van der Waals surface area contributed by atoms with Crippen molar-refractivity contribution in [2.45, 2.75) is 26.3 Å². The summed E-state index contributed by atoms with van der Waals surface area (Å²) in [4.78, 5) is 4.10. The summed E-state index contributed by atoms with van der Waals surface area (Å²) in [6.45, 7) is 4.69. The van der Waals surface area contributed by atoms with Gasteiger partial charge in [0.2, 0.25) is 0 Å². The van der Waals surface area contributed by atoms with Gasteiger partial charge in [0, 0.05) is 18.0 Å². The van der Waals surface area contributed by atoms with Gasteiger partial charge >= 0.3 is 0 Å². The highest BCUT2D eigenvalue weighted by atomic mass is 19.1. The second kappa shape index (κ2) is 6.57. The van der Waals surface area contributed by atoms with E-state index in [1.807, 2.05) is 19.9 Å². The third-order valence-corrected chi connectivity index (χ3v) is 3.26. The molecular weight excluding hydrogens is 258 g/mol. The van der Waals surface area contributed by atoms with Crippen LogP contribution in [-0.4, -0.2) is 11.5 Å². The maximum Gasteiger partial charge on any atom is 0.128 e. The Morgan fingerprint density at radius 2 is 2.00 bits per heavy atom. The van der Waals surface area contributed by atoms with Crippen LogP contribution in [0.15, 0.2) is 36.7 Å². The summed E-state index contributed by atoms with van der Waals surface area (Å²) in [6.07, 6.45) is 4.30. The van der Waals surface area contributed by atoms with Gasteiger partial charge in [-0.05, 0) is 55.3 Å². The van der Waals surface area contributed by atoms with Crippen LogP contribution in [0.25, 0.3) is 0 Å². The predicted octanol–water partition coefficient (Wildman–Crippen LogP) is 3.76. The van der Waals surface area contributed by atoms with Gasteiger partial charge in [0.25, 0.3) is 0 Å². The molecule has 20 heavy (non-hydrogen) atoms. The third-order valence-electron chi connectivity index (χ3n) is 3.26. The normalized spacial score (nSPS) is 12.4. The fourth-order valence-corrected chi connectivity index (χ4v) is 2.19. The molecule has 2 nitrogen and oxygen atoms in total. The number of hydrogen-bond donors (Lipinski definition) is 1. The Hall–Kier alpha value is -1.81. The lowest BCUT2D eigenvalue weighted by Crippen LogP contribution is -2.25. The molecule has 0 aliphatic carbocycles. The van der Waals surface area contributed by atoms with E-state index in [0.717, 1.165) is 36.2 Å². The number of hydrogen-bond acceptors (Lipinski definition) is 2. The van der Waals surface area contributed by atoms with Crippen molar-refractivity contribution in [3.63, 3.8) is 0 Å². The summed E-state index contributed by atoms with van der Waals surface area (Å²) in [5, 5.41) is 3.26. The van der Waals surface area contributed by atoms with Crippen LogP contribution in [0, 0.1) is 18.6 Å². The lowest BCUT2D eigenvalue weighted by molar-refractivity contribution is 0.533. The SMILES string of the molecule is CCCNC(c1cnccc1C)c1cc(F)ccc1F. The Bertz CT molecular complexity index is 584. The van der Waals surface area contributed by atoms with E-state index in [0.29, 0.717) is 5.56 Å². The second-order valence-corrected chi connectivity index (χ2v) is 4.79. The number of aryl methyl sites for hydroxylation is 1. The molecule has 0 spiro atoms. The third kappa shape index (κ3) is 3.20. The van der Waals surface area contributed by atoms with Crippen molar-refractivity contribution in [2.24, 2.45) is 0 Å². The Balaban J connectivity index is 2.47. The number of pyridine rings is 1. The molecule has 0 radical (unpaired) electrons. The first-order valence-corrected chi connectivity index (χ1v) is 6.72. The zero-order valence-electron chi connectivity index (χ0n) is 11.7. The largest absolute Gasteiger partial charge is 0.306 e. The minimum absolute atomic E-state index is 0.314. The van der Waals surface area contributed by atoms with Crippen molar-refractivity contribution in [2.75, 3.05) is 6.54 Å². The van der Waals surface area contributed by atoms with Gasteiger partial charge in [0.1, 0.15) is 11.6 Å². The lowest BCUT2D eigenvalue weighted by atomic mass is 9.96. The van der Waals surface area contributed by atoms with E-state index < -0.39 is 11.6 Å². The number of nitrogens with one attached hydrogen (secondary N) is 1. The number of rotatable bonds is 5. The molecule has 2 rings (SSSR count). The van der Waals surface area contributed by atoms with Gasteiger partial charge < -0.3 is 5.32 Å². The molecule has 0 amide bonds. The molecule has 1 N–H and O–H groups in total. The summed E-state index contributed by atoms with van der Waals surface area (Å²) >= 11 is 0. The molecule has 1 aromatic carbocycles. The molecule has 0 fully saturated rings. The molecule has 4 heteroatoms. The Kier molecular flexibility index (Phi) is 4.79. The van der Waals surface area contributed by atoms with Crippen molar-refractivity contribution in [1.82, 2.24) is 10.3 Å². The highest BCUT2D eigenvalue weighted by Gasteiger charge is 2.19. The summed E-state index contributed by atoms with van der Waals surface area (Å²) in [7, 11) is 0. The maximum absolute atomic E-state index is 14.0. The number of nitrogens with zero attached hydrogens (tertiary/aromatic N) is 1. The van der Waals surface area contributed by atoms with Crippen LogP contribution in [0.2, 0.25) is 0 Å². The molecule has 0 saturated heterocycles. The molecular formula is C16H18F2N2. The summed E-state index contributed by atoms with van der Waals surface area (Å²) in [5.74, 6) is -0.852. The number of aromatic nitrogens is 1. The van der Waals surface area contributed by atoms with Crippen LogP contribution in [0.1, 0.15) is 36.1 Å². The van der Waals surface area contributed by atoms with Crippen molar-refractivity contribution in [3.05, 3.63) is 65.0 Å². The van der Waals surface area contributed by atoms with Crippen LogP contribution in [0.5, 0.6) is 0 Å². The molecule has 0 bridgehead atoms. The van der Waals surface area contributed by atoms with Crippen LogP contribution in [0.3, 0.4) is 0 Å². The topological polar surface area (TPSA) is 24.9 Å². The molecule has 106 valence electrons. The second-order valence-electron chi connectivity index (χ2n) is 4.79. The molecule has 0 aliphatic heterocycles. The summed E-state index contributed by atoms with van der Waals surface area (Å²) in [5.41, 5.74) is 2.18. The molecule has 1 aromatic heterocycles. The molecule has 1 heterocycles.